The number of hydrogen-bond acceptors (Lipinski definition) is 6. The number of unbranched alkanes of at least 4 members (excludes halogenated alkanes) is 35. The molecule has 0 fully saturated rings. The smallest absolute Gasteiger partial charge is 0.306 e. The van der Waals surface area contributed by atoms with Gasteiger partial charge in [-0.2, -0.15) is 0 Å². The van der Waals surface area contributed by atoms with Crippen molar-refractivity contribution in [2.24, 2.45) is 0 Å². The summed E-state index contributed by atoms with van der Waals surface area (Å²) in [5, 5.41) is 0. The van der Waals surface area contributed by atoms with Crippen molar-refractivity contribution in [3.63, 3.8) is 0 Å². The average molecular weight is 1150 g/mol. The molecule has 0 N–H and O–H groups in total. The van der Waals surface area contributed by atoms with Crippen molar-refractivity contribution in [1.82, 2.24) is 0 Å². The summed E-state index contributed by atoms with van der Waals surface area (Å²) in [5.41, 5.74) is 0. The highest BCUT2D eigenvalue weighted by molar-refractivity contribution is 5.71. The molecule has 0 radical (unpaired) electrons. The topological polar surface area (TPSA) is 78.9 Å². The maximum atomic E-state index is 13.0. The van der Waals surface area contributed by atoms with Crippen molar-refractivity contribution >= 4 is 17.9 Å². The summed E-state index contributed by atoms with van der Waals surface area (Å²) in [5.74, 6) is -0.906. The quantitative estimate of drug-likeness (QED) is 0.0261. The molecule has 0 heterocycles. The molecular weight excluding hydrogens is 1020 g/mol. The Bertz CT molecular complexity index is 1660. The van der Waals surface area contributed by atoms with Crippen LogP contribution in [0.3, 0.4) is 0 Å². The Morgan fingerprint density at radius 2 is 0.470 bits per heavy atom. The van der Waals surface area contributed by atoms with Gasteiger partial charge in [-0.15, -0.1) is 0 Å². The largest absolute Gasteiger partial charge is 0.462 e. The van der Waals surface area contributed by atoms with Crippen LogP contribution >= 0.6 is 0 Å². The number of carbonyl (C=O) groups excluding carboxylic acids is 3. The molecule has 0 aliphatic rings. The Kier molecular flexibility index (Phi) is 67.2. The molecule has 0 saturated carbocycles. The van der Waals surface area contributed by atoms with Crippen molar-refractivity contribution in [2.45, 2.75) is 348 Å². The predicted molar refractivity (Wildman–Crippen MR) is 362 cm³/mol. The monoisotopic (exact) mass is 1150 g/mol. The molecule has 0 aromatic carbocycles. The summed E-state index contributed by atoms with van der Waals surface area (Å²) in [6, 6.07) is 0. The normalized spacial score (nSPS) is 12.8. The highest BCUT2D eigenvalue weighted by Crippen LogP contribution is 2.17. The molecule has 0 aliphatic carbocycles. The van der Waals surface area contributed by atoms with E-state index in [9.17, 15) is 14.4 Å². The summed E-state index contributed by atoms with van der Waals surface area (Å²) < 4.78 is 17.0. The number of hydrogen-bond donors (Lipinski definition) is 0. The van der Waals surface area contributed by atoms with Crippen molar-refractivity contribution in [3.8, 4) is 0 Å². The minimum Gasteiger partial charge on any atom is -0.462 e. The third-order valence-corrected chi connectivity index (χ3v) is 15.3. The first-order valence-electron chi connectivity index (χ1n) is 35.4. The second-order valence-electron chi connectivity index (χ2n) is 23.4. The van der Waals surface area contributed by atoms with Crippen LogP contribution in [0, 0.1) is 0 Å². The Labute approximate surface area is 514 Å². The fraction of sp³-hybridized carbons (Fsp3) is 0.727. The third kappa shape index (κ3) is 68.7. The van der Waals surface area contributed by atoms with E-state index in [-0.39, 0.29) is 31.1 Å². The molecular formula is C77H132O6. The lowest BCUT2D eigenvalue weighted by Gasteiger charge is -2.18. The molecule has 0 aromatic rings. The Balaban J connectivity index is 4.45. The molecule has 0 aliphatic heterocycles. The van der Waals surface area contributed by atoms with E-state index in [2.05, 4.69) is 130 Å². The molecule has 0 aromatic heterocycles. The standard InChI is InChI=1S/C77H132O6/c1-4-7-10-13-16-19-22-25-28-31-34-36-38-40-43-46-49-52-55-58-61-64-67-70-76(79)82-73-74(72-81-75(78)69-66-63-60-57-54-51-48-45-42-33-30-27-24-21-18-15-12-9-6-3)83-77(80)71-68-65-62-59-56-53-50-47-44-41-39-37-35-32-29-26-23-20-17-14-11-8-5-2/h7,10,16,19,23,25-26,28,32,34-36,39-41,43,49,52,74H,4-6,8-9,11-15,17-18,20-22,24,27,29-31,33,37-38,42,44-48,50-51,53-73H2,1-3H3/b10-7-,19-16-,26-23-,28-25-,35-32-,36-34-,41-39-,43-40-,52-49-. The van der Waals surface area contributed by atoms with Crippen molar-refractivity contribution < 1.29 is 28.6 Å². The van der Waals surface area contributed by atoms with Gasteiger partial charge in [0.2, 0.25) is 0 Å². The van der Waals surface area contributed by atoms with Gasteiger partial charge >= 0.3 is 17.9 Å². The Hall–Kier alpha value is -3.93. The van der Waals surface area contributed by atoms with Gasteiger partial charge in [0, 0.05) is 19.3 Å². The van der Waals surface area contributed by atoms with Crippen LogP contribution < -0.4 is 0 Å². The van der Waals surface area contributed by atoms with Crippen LogP contribution in [-0.2, 0) is 28.6 Å². The van der Waals surface area contributed by atoms with E-state index in [0.717, 1.165) is 128 Å². The number of carbonyl (C=O) groups is 3. The van der Waals surface area contributed by atoms with Crippen molar-refractivity contribution in [3.05, 3.63) is 109 Å². The van der Waals surface area contributed by atoms with Crippen LogP contribution in [0.4, 0.5) is 0 Å². The van der Waals surface area contributed by atoms with Gasteiger partial charge in [0.05, 0.1) is 0 Å². The first-order chi connectivity index (χ1) is 41.0. The van der Waals surface area contributed by atoms with Crippen LogP contribution in [-0.4, -0.2) is 37.2 Å². The molecule has 6 nitrogen and oxygen atoms in total. The Morgan fingerprint density at radius 3 is 0.735 bits per heavy atom. The molecule has 6 heteroatoms. The molecule has 0 rings (SSSR count). The van der Waals surface area contributed by atoms with Gasteiger partial charge in [-0.3, -0.25) is 14.4 Å². The molecule has 83 heavy (non-hydrogen) atoms. The molecule has 476 valence electrons. The maximum absolute atomic E-state index is 13.0. The van der Waals surface area contributed by atoms with E-state index in [1.165, 1.54) is 173 Å². The van der Waals surface area contributed by atoms with Gasteiger partial charge in [-0.1, -0.05) is 323 Å². The zero-order valence-electron chi connectivity index (χ0n) is 54.7. The molecule has 1 unspecified atom stereocenters. The van der Waals surface area contributed by atoms with E-state index in [4.69, 9.17) is 14.2 Å². The Morgan fingerprint density at radius 1 is 0.253 bits per heavy atom. The minimum atomic E-state index is -0.796. The zero-order chi connectivity index (χ0) is 59.9. The fourth-order valence-corrected chi connectivity index (χ4v) is 9.99. The van der Waals surface area contributed by atoms with Crippen molar-refractivity contribution in [1.29, 1.82) is 0 Å². The van der Waals surface area contributed by atoms with Crippen LogP contribution in [0.2, 0.25) is 0 Å². The minimum absolute atomic E-state index is 0.0877. The highest BCUT2D eigenvalue weighted by Gasteiger charge is 2.19. The molecule has 0 bridgehead atoms. The second-order valence-corrected chi connectivity index (χ2v) is 23.4. The SMILES string of the molecule is CC/C=C\C/C=C\C/C=C\C/C=C\C/C=C\C/C=C\CCCCCCC(=O)OCC(COC(=O)CCCCCCCCCCCCCCCCCCCCC)OC(=O)CCCCCCCCCC/C=C\C/C=C\C/C=C\CCCCCCC. The summed E-state index contributed by atoms with van der Waals surface area (Å²) in [4.78, 5) is 38.5. The van der Waals surface area contributed by atoms with Gasteiger partial charge < -0.3 is 14.2 Å². The lowest BCUT2D eigenvalue weighted by Crippen LogP contribution is -2.30. The molecule has 1 atom stereocenters. The second kappa shape index (κ2) is 70.6. The lowest BCUT2D eigenvalue weighted by molar-refractivity contribution is -0.167. The molecule has 0 spiro atoms. The number of rotatable bonds is 64. The lowest BCUT2D eigenvalue weighted by atomic mass is 10.0. The third-order valence-electron chi connectivity index (χ3n) is 15.3. The first-order valence-corrected chi connectivity index (χ1v) is 35.4. The van der Waals surface area contributed by atoms with Gasteiger partial charge in [-0.25, -0.2) is 0 Å². The van der Waals surface area contributed by atoms with E-state index < -0.39 is 6.10 Å². The van der Waals surface area contributed by atoms with Gasteiger partial charge in [0.15, 0.2) is 6.10 Å². The van der Waals surface area contributed by atoms with Gasteiger partial charge in [0.25, 0.3) is 0 Å². The first kappa shape index (κ1) is 79.1. The van der Waals surface area contributed by atoms with Crippen LogP contribution in [0.25, 0.3) is 0 Å². The van der Waals surface area contributed by atoms with Crippen LogP contribution in [0.15, 0.2) is 109 Å². The van der Waals surface area contributed by atoms with Crippen molar-refractivity contribution in [2.75, 3.05) is 13.2 Å². The van der Waals surface area contributed by atoms with E-state index in [0.29, 0.717) is 19.3 Å². The van der Waals surface area contributed by atoms with E-state index in [1.54, 1.807) is 0 Å². The summed E-state index contributed by atoms with van der Waals surface area (Å²) in [6.45, 7) is 6.53. The average Bonchev–Trinajstić information content (AvgIpc) is 3.49. The maximum Gasteiger partial charge on any atom is 0.306 e. The summed E-state index contributed by atoms with van der Waals surface area (Å²) >= 11 is 0. The number of allylic oxidation sites excluding steroid dienone is 18. The van der Waals surface area contributed by atoms with Crippen LogP contribution in [0.5, 0.6) is 0 Å². The molecule has 0 amide bonds. The summed E-state index contributed by atoms with van der Waals surface area (Å²) in [6.07, 6.45) is 96.7. The van der Waals surface area contributed by atoms with Gasteiger partial charge in [-0.05, 0) is 109 Å². The zero-order valence-corrected chi connectivity index (χ0v) is 54.7. The summed E-state index contributed by atoms with van der Waals surface area (Å²) in [7, 11) is 0. The predicted octanol–water partition coefficient (Wildman–Crippen LogP) is 24.6. The van der Waals surface area contributed by atoms with Gasteiger partial charge in [0.1, 0.15) is 13.2 Å². The molecule has 0 saturated heterocycles. The van der Waals surface area contributed by atoms with E-state index >= 15 is 0 Å². The fourth-order valence-electron chi connectivity index (χ4n) is 9.99. The van der Waals surface area contributed by atoms with E-state index in [1.807, 2.05) is 0 Å². The highest BCUT2D eigenvalue weighted by atomic mass is 16.6. The van der Waals surface area contributed by atoms with Crippen LogP contribution in [0.1, 0.15) is 342 Å². The number of ether oxygens (including phenoxy) is 3. The number of esters is 3.